The van der Waals surface area contributed by atoms with E-state index in [4.69, 9.17) is 10.2 Å². The van der Waals surface area contributed by atoms with Crippen molar-refractivity contribution in [3.05, 3.63) is 37.5 Å². The van der Waals surface area contributed by atoms with E-state index >= 15 is 0 Å². The number of aliphatic hydroxyl groups excluding tert-OH is 2. The summed E-state index contributed by atoms with van der Waals surface area (Å²) in [7, 11) is 0. The van der Waals surface area contributed by atoms with Crippen molar-refractivity contribution in [3.8, 4) is 0 Å². The molecule has 0 radical (unpaired) electrons. The van der Waals surface area contributed by atoms with Gasteiger partial charge in [-0.3, -0.25) is 0 Å². The Morgan fingerprint density at radius 3 is 0.933 bits per heavy atom. The molecule has 0 aliphatic rings. The molecule has 4 nitrogen and oxygen atoms in total. The van der Waals surface area contributed by atoms with Crippen LogP contribution >= 0.6 is 0 Å². The molecule has 0 atom stereocenters. The van der Waals surface area contributed by atoms with Gasteiger partial charge in [-0.1, -0.05) is 24.3 Å². The molecule has 0 aliphatic carbocycles. The van der Waals surface area contributed by atoms with E-state index in [1.807, 2.05) is 0 Å². The predicted octanol–water partition coefficient (Wildman–Crippen LogP) is 1.56. The second kappa shape index (κ2) is 37.2. The summed E-state index contributed by atoms with van der Waals surface area (Å²) < 4.78 is 0. The molecule has 0 amide bonds. The number of hydrogen-bond acceptors (Lipinski definition) is 4. The summed E-state index contributed by atoms with van der Waals surface area (Å²) in [6, 6.07) is 0. The van der Waals surface area contributed by atoms with Crippen molar-refractivity contribution in [1.82, 2.24) is 0 Å². The molecule has 0 bridgehead atoms. The molecule has 0 aromatic rings. The van der Waals surface area contributed by atoms with Crippen LogP contribution in [0.25, 0.3) is 0 Å². The van der Waals surface area contributed by atoms with Crippen molar-refractivity contribution in [3.63, 3.8) is 0 Å². The maximum Gasteiger partial charge on any atom is 0.0636 e. The number of aliphatic hydroxyl groups is 2. The Balaban J connectivity index is -0.0000000197. The van der Waals surface area contributed by atoms with E-state index < -0.39 is 0 Å². The molecule has 0 aromatic heterocycles. The number of rotatable bonds is 2. The summed E-state index contributed by atoms with van der Waals surface area (Å²) >= 11 is 0. The maximum atomic E-state index is 8.04. The van der Waals surface area contributed by atoms with E-state index in [2.05, 4.69) is 26.3 Å². The smallest absolute Gasteiger partial charge is 0.0636 e. The first-order valence-corrected chi connectivity index (χ1v) is 3.55. The third kappa shape index (κ3) is 134. The van der Waals surface area contributed by atoms with E-state index in [1.54, 1.807) is 13.8 Å². The second-order valence-electron chi connectivity index (χ2n) is 2.23. The first kappa shape index (κ1) is 36.4. The van der Waals surface area contributed by atoms with Crippen molar-refractivity contribution < 1.29 is 42.9 Å². The zero-order valence-corrected chi connectivity index (χ0v) is 11.1. The van der Waals surface area contributed by atoms with Crippen molar-refractivity contribution in [1.29, 1.82) is 0 Å². The molecular formula is C10H22O4Ti-2. The minimum absolute atomic E-state index is 0. The molecule has 0 unspecified atom stereocenters. The minimum Gasteiger partial charge on any atom is -0.870 e. The van der Waals surface area contributed by atoms with Gasteiger partial charge in [0.1, 0.15) is 0 Å². The summed E-state index contributed by atoms with van der Waals surface area (Å²) in [5, 5.41) is 16.1. The molecule has 92 valence electrons. The fourth-order valence-electron chi connectivity index (χ4n) is 0. The average molecular weight is 254 g/mol. The van der Waals surface area contributed by atoms with Crippen LogP contribution in [0.5, 0.6) is 0 Å². The van der Waals surface area contributed by atoms with Crippen LogP contribution < -0.4 is 0 Å². The third-order valence-electron chi connectivity index (χ3n) is 0.540. The zero-order chi connectivity index (χ0) is 10.6. The predicted molar refractivity (Wildman–Crippen MR) is 58.9 cm³/mol. The van der Waals surface area contributed by atoms with Crippen LogP contribution in [0.3, 0.4) is 0 Å². The van der Waals surface area contributed by atoms with Gasteiger partial charge in [-0.2, -0.15) is 0 Å². The first-order valence-electron chi connectivity index (χ1n) is 3.55. The first-order chi connectivity index (χ1) is 5.54. The average Bonchev–Trinajstić information content (AvgIpc) is 2.09. The summed E-state index contributed by atoms with van der Waals surface area (Å²) in [6.45, 7) is 16.6. The number of hydrogen-bond donors (Lipinski definition) is 2. The van der Waals surface area contributed by atoms with Gasteiger partial charge in [0.15, 0.2) is 0 Å². The van der Waals surface area contributed by atoms with Crippen molar-refractivity contribution in [2.45, 2.75) is 13.8 Å². The molecule has 0 rings (SSSR count). The van der Waals surface area contributed by atoms with Crippen molar-refractivity contribution >= 4 is 0 Å². The largest absolute Gasteiger partial charge is 0.870 e. The van der Waals surface area contributed by atoms with E-state index in [9.17, 15) is 0 Å². The van der Waals surface area contributed by atoms with Crippen LogP contribution in [0.2, 0.25) is 0 Å². The van der Waals surface area contributed by atoms with Gasteiger partial charge in [0, 0.05) is 21.7 Å². The van der Waals surface area contributed by atoms with Gasteiger partial charge in [-0.15, -0.1) is 13.2 Å². The van der Waals surface area contributed by atoms with Gasteiger partial charge in [0.25, 0.3) is 0 Å². The Morgan fingerprint density at radius 2 is 0.933 bits per heavy atom. The molecule has 15 heavy (non-hydrogen) atoms. The molecule has 0 aromatic carbocycles. The van der Waals surface area contributed by atoms with Gasteiger partial charge in [0.2, 0.25) is 0 Å². The van der Waals surface area contributed by atoms with Crippen molar-refractivity contribution in [2.75, 3.05) is 13.2 Å². The molecule has 5 heteroatoms. The molecule has 4 N–H and O–H groups in total. The molecule has 0 spiro atoms. The Bertz CT molecular complexity index is 113. The normalized spacial score (nSPS) is 5.33. The van der Waals surface area contributed by atoms with Crippen LogP contribution in [-0.2, 0) is 21.7 Å². The Hall–Kier alpha value is -0.226. The fraction of sp³-hybridized carbons (Fsp3) is 0.400. The minimum atomic E-state index is 0. The van der Waals surface area contributed by atoms with Gasteiger partial charge >= 0.3 is 0 Å². The van der Waals surface area contributed by atoms with E-state index in [0.29, 0.717) is 0 Å². The summed E-state index contributed by atoms with van der Waals surface area (Å²) in [4.78, 5) is 0. The summed E-state index contributed by atoms with van der Waals surface area (Å²) in [5.41, 5.74) is 1.62. The van der Waals surface area contributed by atoms with E-state index in [-0.39, 0.29) is 45.9 Å². The Morgan fingerprint density at radius 1 is 0.867 bits per heavy atom. The second-order valence-corrected chi connectivity index (χ2v) is 2.23. The van der Waals surface area contributed by atoms with Crippen LogP contribution in [0, 0.1) is 0 Å². The van der Waals surface area contributed by atoms with E-state index in [0.717, 1.165) is 11.1 Å². The molecule has 0 saturated heterocycles. The van der Waals surface area contributed by atoms with Crippen molar-refractivity contribution in [2.24, 2.45) is 0 Å². The molecule has 0 heterocycles. The fourth-order valence-corrected chi connectivity index (χ4v) is 0. The third-order valence-corrected chi connectivity index (χ3v) is 0.540. The summed E-state index contributed by atoms with van der Waals surface area (Å²) in [5.74, 6) is 0. The van der Waals surface area contributed by atoms with Gasteiger partial charge in [0.05, 0.1) is 13.2 Å². The summed E-state index contributed by atoms with van der Waals surface area (Å²) in [6.07, 6.45) is 0. The Labute approximate surface area is 108 Å². The van der Waals surface area contributed by atoms with Gasteiger partial charge in [-0.05, 0) is 13.8 Å². The van der Waals surface area contributed by atoms with Gasteiger partial charge in [-0.25, -0.2) is 0 Å². The molecule has 0 saturated carbocycles. The molecule has 0 fully saturated rings. The monoisotopic (exact) mass is 254 g/mol. The van der Waals surface area contributed by atoms with Gasteiger partial charge < -0.3 is 21.2 Å². The van der Waals surface area contributed by atoms with Crippen LogP contribution in [0.1, 0.15) is 13.8 Å². The Kier molecular flexibility index (Phi) is 90.3. The zero-order valence-electron chi connectivity index (χ0n) is 9.53. The standard InChI is InChI=1S/2C4H8O.C2H4.2H2O.Ti/c2*1-4(2)3-5;1-2;;;/h2*5H,1,3H2,2H3;1-2H2;2*1H2;/p-2. The van der Waals surface area contributed by atoms with Crippen LogP contribution in [0.15, 0.2) is 37.5 Å². The van der Waals surface area contributed by atoms with E-state index in [1.165, 1.54) is 0 Å². The van der Waals surface area contributed by atoms with Crippen LogP contribution in [-0.4, -0.2) is 34.4 Å². The SMILES string of the molecule is C=C.C=C(C)CO.C=C(C)CO.[OH-].[OH-].[Ti]. The van der Waals surface area contributed by atoms with Crippen LogP contribution in [0.4, 0.5) is 0 Å². The molecule has 0 aliphatic heterocycles. The maximum absolute atomic E-state index is 8.04. The molecular weight excluding hydrogens is 232 g/mol. The topological polar surface area (TPSA) is 100 Å². The quantitative estimate of drug-likeness (QED) is 0.576.